The number of rotatable bonds is 6. The number of benzene rings is 4. The zero-order valence-electron chi connectivity index (χ0n) is 18.1. The molecule has 0 aliphatic heterocycles. The maximum Gasteiger partial charge on any atom is 0.338 e. The molecule has 0 aliphatic rings. The van der Waals surface area contributed by atoms with E-state index in [1.165, 1.54) is 7.11 Å². The van der Waals surface area contributed by atoms with E-state index in [0.29, 0.717) is 16.7 Å². The lowest BCUT2D eigenvalue weighted by Crippen LogP contribution is -2.09. The first-order chi connectivity index (χ1) is 16.0. The Balaban J connectivity index is 1.78. The minimum absolute atomic E-state index is 0.128. The lowest BCUT2D eigenvalue weighted by molar-refractivity contribution is 0.0601. The SMILES string of the molecule is C=Cc1ccc(-c2ccccc2C(=O)c2ccc(-c3ccc(O)cc3)c(C(=O)OC)c2)cc1. The van der Waals surface area contributed by atoms with Crippen molar-refractivity contribution in [2.24, 2.45) is 0 Å². The van der Waals surface area contributed by atoms with Gasteiger partial charge in [-0.05, 0) is 46.0 Å². The number of methoxy groups -OCH3 is 1. The van der Waals surface area contributed by atoms with Gasteiger partial charge in [0.25, 0.3) is 0 Å². The molecule has 0 bridgehead atoms. The van der Waals surface area contributed by atoms with Crippen molar-refractivity contribution in [3.05, 3.63) is 120 Å². The third-order valence-electron chi connectivity index (χ3n) is 5.49. The monoisotopic (exact) mass is 434 g/mol. The maximum atomic E-state index is 13.5. The second-order valence-corrected chi connectivity index (χ2v) is 7.50. The van der Waals surface area contributed by atoms with Gasteiger partial charge in [0.05, 0.1) is 12.7 Å². The standard InChI is InChI=1S/C29H22O4/c1-3-19-8-10-20(11-9-19)24-6-4-5-7-26(24)28(31)22-14-17-25(27(18-22)29(32)33-2)21-12-15-23(30)16-13-21/h3-18,30H,1H2,2H3. The summed E-state index contributed by atoms with van der Waals surface area (Å²) >= 11 is 0. The van der Waals surface area contributed by atoms with Gasteiger partial charge in [-0.2, -0.15) is 0 Å². The van der Waals surface area contributed by atoms with Crippen molar-refractivity contribution in [1.29, 1.82) is 0 Å². The van der Waals surface area contributed by atoms with Crippen molar-refractivity contribution in [3.63, 3.8) is 0 Å². The topological polar surface area (TPSA) is 63.6 Å². The number of carbonyl (C=O) groups excluding carboxylic acids is 2. The Kier molecular flexibility index (Phi) is 6.18. The van der Waals surface area contributed by atoms with Gasteiger partial charge in [0.2, 0.25) is 0 Å². The van der Waals surface area contributed by atoms with Crippen molar-refractivity contribution in [1.82, 2.24) is 0 Å². The van der Waals surface area contributed by atoms with Crippen molar-refractivity contribution in [2.75, 3.05) is 7.11 Å². The van der Waals surface area contributed by atoms with E-state index in [0.717, 1.165) is 22.3 Å². The van der Waals surface area contributed by atoms with Crippen LogP contribution in [0.15, 0.2) is 97.6 Å². The van der Waals surface area contributed by atoms with Crippen LogP contribution in [-0.2, 0) is 4.74 Å². The van der Waals surface area contributed by atoms with Crippen LogP contribution < -0.4 is 0 Å². The van der Waals surface area contributed by atoms with E-state index >= 15 is 0 Å². The third kappa shape index (κ3) is 4.46. The highest BCUT2D eigenvalue weighted by Gasteiger charge is 2.20. The van der Waals surface area contributed by atoms with E-state index in [2.05, 4.69) is 6.58 Å². The van der Waals surface area contributed by atoms with Crippen LogP contribution >= 0.6 is 0 Å². The average Bonchev–Trinajstić information content (AvgIpc) is 2.88. The van der Waals surface area contributed by atoms with Crippen LogP contribution in [0, 0.1) is 0 Å². The predicted molar refractivity (Wildman–Crippen MR) is 130 cm³/mol. The number of ketones is 1. The summed E-state index contributed by atoms with van der Waals surface area (Å²) in [6.45, 7) is 3.78. The Morgan fingerprint density at radius 3 is 2.03 bits per heavy atom. The number of phenolic OH excluding ortho intramolecular Hbond substituents is 1. The molecule has 4 rings (SSSR count). The Morgan fingerprint density at radius 1 is 0.788 bits per heavy atom. The van der Waals surface area contributed by atoms with E-state index in [1.807, 2.05) is 42.5 Å². The fourth-order valence-corrected chi connectivity index (χ4v) is 3.74. The fraction of sp³-hybridized carbons (Fsp3) is 0.0345. The van der Waals surface area contributed by atoms with Crippen LogP contribution in [0.25, 0.3) is 28.3 Å². The minimum atomic E-state index is -0.541. The number of aromatic hydroxyl groups is 1. The van der Waals surface area contributed by atoms with Gasteiger partial charge in [-0.1, -0.05) is 85.5 Å². The summed E-state index contributed by atoms with van der Waals surface area (Å²) in [6, 6.07) is 26.7. The quantitative estimate of drug-likeness (QED) is 0.282. The largest absolute Gasteiger partial charge is 0.508 e. The molecule has 0 amide bonds. The van der Waals surface area contributed by atoms with Crippen LogP contribution in [0.4, 0.5) is 0 Å². The Morgan fingerprint density at radius 2 is 1.39 bits per heavy atom. The van der Waals surface area contributed by atoms with Crippen LogP contribution in [0.2, 0.25) is 0 Å². The molecule has 162 valence electrons. The molecule has 4 aromatic rings. The maximum absolute atomic E-state index is 13.5. The van der Waals surface area contributed by atoms with Gasteiger partial charge in [0, 0.05) is 11.1 Å². The number of hydrogen-bond acceptors (Lipinski definition) is 4. The van der Waals surface area contributed by atoms with Gasteiger partial charge in [0.1, 0.15) is 5.75 Å². The predicted octanol–water partition coefficient (Wildman–Crippen LogP) is 6.39. The first kappa shape index (κ1) is 21.8. The second kappa shape index (κ2) is 9.37. The lowest BCUT2D eigenvalue weighted by Gasteiger charge is -2.13. The van der Waals surface area contributed by atoms with Gasteiger partial charge in [0.15, 0.2) is 5.78 Å². The zero-order valence-corrected chi connectivity index (χ0v) is 18.1. The summed E-state index contributed by atoms with van der Waals surface area (Å²) in [4.78, 5) is 26.1. The normalized spacial score (nSPS) is 10.5. The highest BCUT2D eigenvalue weighted by Crippen LogP contribution is 2.30. The molecule has 0 saturated heterocycles. The summed E-state index contributed by atoms with van der Waals surface area (Å²) in [5.41, 5.74) is 5.27. The van der Waals surface area contributed by atoms with Crippen molar-refractivity contribution >= 4 is 17.8 Å². The van der Waals surface area contributed by atoms with Crippen molar-refractivity contribution in [3.8, 4) is 28.0 Å². The van der Waals surface area contributed by atoms with Crippen molar-refractivity contribution in [2.45, 2.75) is 0 Å². The molecule has 4 heteroatoms. The average molecular weight is 434 g/mol. The molecule has 0 aromatic heterocycles. The van der Waals surface area contributed by atoms with Gasteiger partial charge in [-0.15, -0.1) is 0 Å². The smallest absolute Gasteiger partial charge is 0.338 e. The number of carbonyl (C=O) groups is 2. The van der Waals surface area contributed by atoms with Gasteiger partial charge in [-0.25, -0.2) is 4.79 Å². The minimum Gasteiger partial charge on any atom is -0.508 e. The van der Waals surface area contributed by atoms with Gasteiger partial charge >= 0.3 is 5.97 Å². The van der Waals surface area contributed by atoms with E-state index in [4.69, 9.17) is 4.74 Å². The molecule has 4 nitrogen and oxygen atoms in total. The highest BCUT2D eigenvalue weighted by atomic mass is 16.5. The molecule has 0 unspecified atom stereocenters. The summed E-state index contributed by atoms with van der Waals surface area (Å²) in [6.07, 6.45) is 1.77. The highest BCUT2D eigenvalue weighted by molar-refractivity contribution is 6.14. The Hall–Kier alpha value is -4.44. The van der Waals surface area contributed by atoms with Gasteiger partial charge < -0.3 is 9.84 Å². The molecule has 4 aromatic carbocycles. The van der Waals surface area contributed by atoms with E-state index in [1.54, 1.807) is 54.6 Å². The molecule has 0 saturated carbocycles. The Bertz CT molecular complexity index is 1330. The summed E-state index contributed by atoms with van der Waals surface area (Å²) in [5.74, 6) is -0.607. The second-order valence-electron chi connectivity index (χ2n) is 7.50. The first-order valence-corrected chi connectivity index (χ1v) is 10.4. The van der Waals surface area contributed by atoms with Crippen LogP contribution in [0.5, 0.6) is 5.75 Å². The number of ether oxygens (including phenoxy) is 1. The number of hydrogen-bond donors (Lipinski definition) is 1. The summed E-state index contributed by atoms with van der Waals surface area (Å²) in [5, 5.41) is 9.58. The lowest BCUT2D eigenvalue weighted by atomic mass is 9.91. The molecule has 0 aliphatic carbocycles. The molecule has 0 radical (unpaired) electrons. The molecular weight excluding hydrogens is 412 g/mol. The first-order valence-electron chi connectivity index (χ1n) is 10.4. The van der Waals surface area contributed by atoms with Crippen LogP contribution in [-0.4, -0.2) is 24.0 Å². The van der Waals surface area contributed by atoms with Gasteiger partial charge in [-0.3, -0.25) is 4.79 Å². The van der Waals surface area contributed by atoms with E-state index in [9.17, 15) is 14.7 Å². The van der Waals surface area contributed by atoms with E-state index in [-0.39, 0.29) is 17.1 Å². The number of esters is 1. The molecule has 0 heterocycles. The molecule has 0 atom stereocenters. The summed E-state index contributed by atoms with van der Waals surface area (Å²) < 4.78 is 4.97. The molecule has 0 spiro atoms. The Labute approximate surface area is 192 Å². The molecule has 33 heavy (non-hydrogen) atoms. The molecule has 0 fully saturated rings. The fourth-order valence-electron chi connectivity index (χ4n) is 3.74. The van der Waals surface area contributed by atoms with Crippen LogP contribution in [0.1, 0.15) is 31.8 Å². The molecule has 1 N–H and O–H groups in total. The molecular formula is C29H22O4. The van der Waals surface area contributed by atoms with Crippen LogP contribution in [0.3, 0.4) is 0 Å². The van der Waals surface area contributed by atoms with E-state index < -0.39 is 5.97 Å². The van der Waals surface area contributed by atoms with Crippen molar-refractivity contribution < 1.29 is 19.4 Å². The third-order valence-corrected chi connectivity index (χ3v) is 5.49. The number of phenols is 1. The summed E-state index contributed by atoms with van der Waals surface area (Å²) in [7, 11) is 1.31. The zero-order chi connectivity index (χ0) is 23.4.